The number of hydrogen-bond donors (Lipinski definition) is 2. The maximum absolute atomic E-state index is 12.4. The van der Waals surface area contributed by atoms with Crippen LogP contribution in [-0.2, 0) is 5.41 Å². The Morgan fingerprint density at radius 3 is 2.25 bits per heavy atom. The summed E-state index contributed by atoms with van der Waals surface area (Å²) in [5, 5.41) is 6.58. The normalized spacial score (nSPS) is 11.2. The topological polar surface area (TPSA) is 66.9 Å². The second-order valence-corrected chi connectivity index (χ2v) is 8.02. The summed E-state index contributed by atoms with van der Waals surface area (Å²) >= 11 is 6.09. The smallest absolute Gasteiger partial charge is 0.258 e. The van der Waals surface area contributed by atoms with Crippen molar-refractivity contribution in [1.29, 1.82) is 0 Å². The maximum atomic E-state index is 12.4. The van der Waals surface area contributed by atoms with Crippen molar-refractivity contribution < 1.29 is 4.79 Å². The third-order valence-electron chi connectivity index (χ3n) is 4.44. The second kappa shape index (κ2) is 7.98. The lowest BCUT2D eigenvalue weighted by atomic mass is 9.87. The van der Waals surface area contributed by atoms with Crippen LogP contribution >= 0.6 is 11.6 Å². The van der Waals surface area contributed by atoms with Gasteiger partial charge in [-0.2, -0.15) is 0 Å². The largest absolute Gasteiger partial charge is 0.324 e. The van der Waals surface area contributed by atoms with Crippen molar-refractivity contribution >= 4 is 34.8 Å². The van der Waals surface area contributed by atoms with Crippen LogP contribution < -0.4 is 10.6 Å². The van der Waals surface area contributed by atoms with Gasteiger partial charge in [0, 0.05) is 28.8 Å². The number of aromatic nitrogens is 2. The highest BCUT2D eigenvalue weighted by molar-refractivity contribution is 6.31. The highest BCUT2D eigenvalue weighted by Crippen LogP contribution is 2.25. The molecule has 0 saturated carbocycles. The van der Waals surface area contributed by atoms with Crippen LogP contribution in [0.4, 0.5) is 17.3 Å². The van der Waals surface area contributed by atoms with E-state index in [1.807, 2.05) is 19.1 Å². The van der Waals surface area contributed by atoms with Gasteiger partial charge >= 0.3 is 0 Å². The molecule has 2 N–H and O–H groups in total. The average Bonchev–Trinajstić information content (AvgIpc) is 2.66. The summed E-state index contributed by atoms with van der Waals surface area (Å²) in [4.78, 5) is 20.9. The number of benzene rings is 2. The number of carbonyl (C=O) groups excluding carboxylic acids is 1. The van der Waals surface area contributed by atoms with E-state index in [1.165, 1.54) is 18.0 Å². The van der Waals surface area contributed by atoms with Gasteiger partial charge in [-0.15, -0.1) is 0 Å². The minimum atomic E-state index is -0.286. The van der Waals surface area contributed by atoms with E-state index >= 15 is 0 Å². The zero-order valence-electron chi connectivity index (χ0n) is 16.4. The van der Waals surface area contributed by atoms with Gasteiger partial charge in [-0.05, 0) is 47.7 Å². The van der Waals surface area contributed by atoms with E-state index in [4.69, 9.17) is 11.6 Å². The first kappa shape index (κ1) is 19.8. The predicted octanol–water partition coefficient (Wildman–Crippen LogP) is 5.73. The molecule has 0 fully saturated rings. The molecule has 0 spiro atoms. The third-order valence-corrected chi connectivity index (χ3v) is 4.85. The Hall–Kier alpha value is -2.92. The fraction of sp³-hybridized carbons (Fsp3) is 0.227. The van der Waals surface area contributed by atoms with E-state index in [9.17, 15) is 4.79 Å². The monoisotopic (exact) mass is 394 g/mol. The zero-order valence-corrected chi connectivity index (χ0v) is 17.1. The SMILES string of the molecule is Cc1c(Cl)cccc1NC(=O)c1cnc(Nc2ccc(C(C)(C)C)cc2)nc1. The minimum absolute atomic E-state index is 0.103. The van der Waals surface area contributed by atoms with Crippen LogP contribution in [-0.4, -0.2) is 15.9 Å². The molecule has 0 unspecified atom stereocenters. The number of halogens is 1. The van der Waals surface area contributed by atoms with Crippen LogP contribution in [0.1, 0.15) is 42.3 Å². The van der Waals surface area contributed by atoms with E-state index < -0.39 is 0 Å². The third kappa shape index (κ3) is 4.67. The number of nitrogens with one attached hydrogen (secondary N) is 2. The van der Waals surface area contributed by atoms with Gasteiger partial charge in [0.25, 0.3) is 5.91 Å². The number of hydrogen-bond acceptors (Lipinski definition) is 4. The standard InChI is InChI=1S/C22H23ClN4O/c1-14-18(23)6-5-7-19(14)27-20(28)15-12-24-21(25-13-15)26-17-10-8-16(9-11-17)22(2,3)4/h5-13H,1-4H3,(H,27,28)(H,24,25,26). The Morgan fingerprint density at radius 2 is 1.64 bits per heavy atom. The molecule has 0 aliphatic rings. The number of amides is 1. The molecule has 0 atom stereocenters. The summed E-state index contributed by atoms with van der Waals surface area (Å²) in [6.45, 7) is 8.38. The lowest BCUT2D eigenvalue weighted by Crippen LogP contribution is -2.14. The molecule has 0 aliphatic heterocycles. The van der Waals surface area contributed by atoms with Crippen LogP contribution in [0.15, 0.2) is 54.9 Å². The quantitative estimate of drug-likeness (QED) is 0.592. The number of carbonyl (C=O) groups is 1. The summed E-state index contributed by atoms with van der Waals surface area (Å²) in [7, 11) is 0. The van der Waals surface area contributed by atoms with Crippen molar-refractivity contribution in [2.75, 3.05) is 10.6 Å². The first-order valence-electron chi connectivity index (χ1n) is 9.00. The van der Waals surface area contributed by atoms with Crippen molar-refractivity contribution in [2.45, 2.75) is 33.1 Å². The van der Waals surface area contributed by atoms with Gasteiger partial charge in [0.1, 0.15) is 0 Å². The minimum Gasteiger partial charge on any atom is -0.324 e. The van der Waals surface area contributed by atoms with Gasteiger partial charge in [-0.1, -0.05) is 50.6 Å². The van der Waals surface area contributed by atoms with E-state index in [-0.39, 0.29) is 11.3 Å². The lowest BCUT2D eigenvalue weighted by molar-refractivity contribution is 0.102. The zero-order chi connectivity index (χ0) is 20.3. The van der Waals surface area contributed by atoms with Crippen molar-refractivity contribution in [2.24, 2.45) is 0 Å². The van der Waals surface area contributed by atoms with Crippen molar-refractivity contribution in [3.63, 3.8) is 0 Å². The van der Waals surface area contributed by atoms with Gasteiger partial charge in [-0.25, -0.2) is 9.97 Å². The Kier molecular flexibility index (Phi) is 5.66. The molecule has 2 aromatic carbocycles. The van der Waals surface area contributed by atoms with E-state index in [1.54, 1.807) is 18.2 Å². The Bertz CT molecular complexity index is 977. The Morgan fingerprint density at radius 1 is 1.00 bits per heavy atom. The first-order chi connectivity index (χ1) is 13.2. The summed E-state index contributed by atoms with van der Waals surface area (Å²) in [5.41, 5.74) is 4.09. The van der Waals surface area contributed by atoms with Crippen molar-refractivity contribution in [3.8, 4) is 0 Å². The second-order valence-electron chi connectivity index (χ2n) is 7.61. The molecule has 144 valence electrons. The van der Waals surface area contributed by atoms with Gasteiger partial charge in [0.2, 0.25) is 5.95 Å². The predicted molar refractivity (Wildman–Crippen MR) is 115 cm³/mol. The van der Waals surface area contributed by atoms with Crippen LogP contribution in [0, 0.1) is 6.92 Å². The fourth-order valence-electron chi connectivity index (χ4n) is 2.63. The molecule has 6 heteroatoms. The molecule has 1 amide bonds. The summed E-state index contributed by atoms with van der Waals surface area (Å²) in [5.74, 6) is 0.144. The summed E-state index contributed by atoms with van der Waals surface area (Å²) in [6.07, 6.45) is 2.99. The average molecular weight is 395 g/mol. The Balaban J connectivity index is 1.67. The van der Waals surface area contributed by atoms with Gasteiger partial charge in [0.05, 0.1) is 5.56 Å². The first-order valence-corrected chi connectivity index (χ1v) is 9.38. The van der Waals surface area contributed by atoms with Gasteiger partial charge in [0.15, 0.2) is 0 Å². The molecule has 0 saturated heterocycles. The summed E-state index contributed by atoms with van der Waals surface area (Å²) < 4.78 is 0. The van der Waals surface area contributed by atoms with Gasteiger partial charge < -0.3 is 10.6 Å². The molecule has 28 heavy (non-hydrogen) atoms. The lowest BCUT2D eigenvalue weighted by Gasteiger charge is -2.19. The van der Waals surface area contributed by atoms with Crippen molar-refractivity contribution in [3.05, 3.63) is 76.6 Å². The molecule has 1 heterocycles. The van der Waals surface area contributed by atoms with Crippen LogP contribution in [0.2, 0.25) is 5.02 Å². The molecule has 0 radical (unpaired) electrons. The fourth-order valence-corrected chi connectivity index (χ4v) is 2.80. The Labute approximate surface area is 170 Å². The number of rotatable bonds is 4. The molecule has 5 nitrogen and oxygen atoms in total. The van der Waals surface area contributed by atoms with E-state index in [0.717, 1.165) is 11.3 Å². The molecule has 1 aromatic heterocycles. The van der Waals surface area contributed by atoms with Crippen LogP contribution in [0.3, 0.4) is 0 Å². The maximum Gasteiger partial charge on any atom is 0.258 e. The van der Waals surface area contributed by atoms with E-state index in [2.05, 4.69) is 53.5 Å². The van der Waals surface area contributed by atoms with E-state index in [0.29, 0.717) is 22.2 Å². The van der Waals surface area contributed by atoms with Gasteiger partial charge in [-0.3, -0.25) is 4.79 Å². The molecular weight excluding hydrogens is 372 g/mol. The number of nitrogens with zero attached hydrogens (tertiary/aromatic N) is 2. The molecule has 0 aliphatic carbocycles. The molecule has 3 aromatic rings. The van der Waals surface area contributed by atoms with Crippen LogP contribution in [0.5, 0.6) is 0 Å². The van der Waals surface area contributed by atoms with Crippen LogP contribution in [0.25, 0.3) is 0 Å². The van der Waals surface area contributed by atoms with Crippen molar-refractivity contribution in [1.82, 2.24) is 9.97 Å². The molecule has 0 bridgehead atoms. The molecule has 3 rings (SSSR count). The molecular formula is C22H23ClN4O. The summed E-state index contributed by atoms with van der Waals surface area (Å²) in [6, 6.07) is 13.5. The number of anilines is 3. The highest BCUT2D eigenvalue weighted by atomic mass is 35.5. The highest BCUT2D eigenvalue weighted by Gasteiger charge is 2.13.